The Morgan fingerprint density at radius 2 is 1.76 bits per heavy atom. The highest BCUT2D eigenvalue weighted by molar-refractivity contribution is 7.89. The lowest BCUT2D eigenvalue weighted by atomic mass is 10.2. The number of rotatable bonds is 5. The monoisotopic (exact) mass is 420 g/mol. The largest absolute Gasteiger partial charge is 0.324 e. The van der Waals surface area contributed by atoms with Crippen molar-refractivity contribution in [3.8, 4) is 0 Å². The molecule has 0 unspecified atom stereocenters. The average Bonchev–Trinajstić information content (AvgIpc) is 2.53. The lowest BCUT2D eigenvalue weighted by molar-refractivity contribution is -0.117. The molecule has 0 aliphatic carbocycles. The van der Waals surface area contributed by atoms with Gasteiger partial charge in [-0.3, -0.25) is 4.79 Å². The Bertz CT molecular complexity index is 917. The quantitative estimate of drug-likeness (QED) is 0.757. The maximum atomic E-state index is 12.4. The fourth-order valence-corrected chi connectivity index (χ4v) is 4.16. The lowest BCUT2D eigenvalue weighted by Crippen LogP contribution is -2.41. The Labute approximate surface area is 161 Å². The summed E-state index contributed by atoms with van der Waals surface area (Å²) in [5.74, 6) is -0.535. The zero-order valence-corrected chi connectivity index (χ0v) is 16.4. The molecule has 9 heteroatoms. The first-order valence-electron chi connectivity index (χ1n) is 7.15. The summed E-state index contributed by atoms with van der Waals surface area (Å²) < 4.78 is 27.2. The van der Waals surface area contributed by atoms with Gasteiger partial charge in [0.25, 0.3) is 0 Å². The average molecular weight is 422 g/mol. The number of hydrogen-bond donors (Lipinski definition) is 2. The van der Waals surface area contributed by atoms with Gasteiger partial charge in [-0.2, -0.15) is 4.72 Å². The lowest BCUT2D eigenvalue weighted by Gasteiger charge is -2.16. The van der Waals surface area contributed by atoms with Gasteiger partial charge in [0.2, 0.25) is 15.9 Å². The number of halogens is 3. The van der Waals surface area contributed by atoms with E-state index in [2.05, 4.69) is 10.0 Å². The minimum absolute atomic E-state index is 0.00944. The molecule has 0 radical (unpaired) electrons. The third-order valence-electron chi connectivity index (χ3n) is 3.43. The zero-order chi connectivity index (χ0) is 18.8. The molecule has 2 N–H and O–H groups in total. The second-order valence-corrected chi connectivity index (χ2v) is 8.25. The Morgan fingerprint density at radius 3 is 2.44 bits per heavy atom. The van der Waals surface area contributed by atoms with Gasteiger partial charge in [0.15, 0.2) is 0 Å². The Morgan fingerprint density at radius 1 is 1.08 bits per heavy atom. The molecular formula is C16H15Cl3N2O3S. The van der Waals surface area contributed by atoms with Gasteiger partial charge in [-0.1, -0.05) is 40.9 Å². The molecule has 5 nitrogen and oxygen atoms in total. The van der Waals surface area contributed by atoms with Crippen molar-refractivity contribution in [3.63, 3.8) is 0 Å². The predicted molar refractivity (Wildman–Crippen MR) is 101 cm³/mol. The molecule has 0 aromatic heterocycles. The Hall–Kier alpha value is -1.31. The number of sulfonamides is 1. The molecular weight excluding hydrogens is 407 g/mol. The maximum Gasteiger partial charge on any atom is 0.242 e. The highest BCUT2D eigenvalue weighted by atomic mass is 35.5. The molecule has 0 saturated carbocycles. The van der Waals surface area contributed by atoms with Crippen molar-refractivity contribution in [2.24, 2.45) is 0 Å². The first kappa shape index (κ1) is 20.0. The number of nitrogens with one attached hydrogen (secondary N) is 2. The van der Waals surface area contributed by atoms with Gasteiger partial charge >= 0.3 is 0 Å². The molecule has 1 amide bonds. The van der Waals surface area contributed by atoms with E-state index in [9.17, 15) is 13.2 Å². The van der Waals surface area contributed by atoms with Crippen LogP contribution in [0.3, 0.4) is 0 Å². The third-order valence-corrected chi connectivity index (χ3v) is 6.10. The van der Waals surface area contributed by atoms with E-state index in [4.69, 9.17) is 34.8 Å². The van der Waals surface area contributed by atoms with E-state index >= 15 is 0 Å². The summed E-state index contributed by atoms with van der Waals surface area (Å²) in [5, 5.41) is 3.37. The highest BCUT2D eigenvalue weighted by Crippen LogP contribution is 2.25. The van der Waals surface area contributed by atoms with E-state index in [1.807, 2.05) is 0 Å². The van der Waals surface area contributed by atoms with Crippen molar-refractivity contribution in [1.82, 2.24) is 4.72 Å². The van der Waals surface area contributed by atoms with E-state index < -0.39 is 22.0 Å². The molecule has 0 aliphatic rings. The van der Waals surface area contributed by atoms with Crippen molar-refractivity contribution in [2.45, 2.75) is 24.8 Å². The van der Waals surface area contributed by atoms with Crippen LogP contribution in [0.15, 0.2) is 41.3 Å². The summed E-state index contributed by atoms with van der Waals surface area (Å²) in [6.07, 6.45) is 0. The zero-order valence-electron chi connectivity index (χ0n) is 13.3. The van der Waals surface area contributed by atoms with Crippen LogP contribution in [0.4, 0.5) is 5.69 Å². The molecule has 2 aromatic rings. The van der Waals surface area contributed by atoms with E-state index in [-0.39, 0.29) is 14.9 Å². The topological polar surface area (TPSA) is 75.3 Å². The molecule has 1 atom stereocenters. The molecule has 0 spiro atoms. The van der Waals surface area contributed by atoms with Crippen molar-refractivity contribution in [1.29, 1.82) is 0 Å². The number of benzene rings is 2. The van der Waals surface area contributed by atoms with Crippen molar-refractivity contribution < 1.29 is 13.2 Å². The van der Waals surface area contributed by atoms with Crippen molar-refractivity contribution >= 4 is 56.4 Å². The molecule has 25 heavy (non-hydrogen) atoms. The third kappa shape index (κ3) is 4.86. The Balaban J connectivity index is 2.17. The summed E-state index contributed by atoms with van der Waals surface area (Å²) in [6.45, 7) is 3.17. The second-order valence-electron chi connectivity index (χ2n) is 5.32. The Kier molecular flexibility index (Phi) is 6.35. The molecule has 134 valence electrons. The van der Waals surface area contributed by atoms with Crippen LogP contribution in [0.1, 0.15) is 12.5 Å². The van der Waals surface area contributed by atoms with Crippen LogP contribution in [-0.2, 0) is 14.8 Å². The highest BCUT2D eigenvalue weighted by Gasteiger charge is 2.24. The first-order valence-corrected chi connectivity index (χ1v) is 9.77. The number of carbonyl (C=O) groups excluding carboxylic acids is 1. The van der Waals surface area contributed by atoms with Crippen LogP contribution >= 0.6 is 34.8 Å². The summed E-state index contributed by atoms with van der Waals surface area (Å²) in [7, 11) is -4.02. The van der Waals surface area contributed by atoms with Crippen molar-refractivity contribution in [3.05, 3.63) is 57.0 Å². The molecule has 2 aromatic carbocycles. The molecule has 0 aliphatic heterocycles. The number of amides is 1. The predicted octanol–water partition coefficient (Wildman–Crippen LogP) is 4.26. The summed E-state index contributed by atoms with van der Waals surface area (Å²) in [4.78, 5) is 12.1. The van der Waals surface area contributed by atoms with E-state index in [0.29, 0.717) is 16.3 Å². The van der Waals surface area contributed by atoms with Gasteiger partial charge in [0, 0.05) is 15.7 Å². The van der Waals surface area contributed by atoms with Crippen molar-refractivity contribution in [2.75, 3.05) is 5.32 Å². The van der Waals surface area contributed by atoms with Crippen LogP contribution in [0.5, 0.6) is 0 Å². The summed E-state index contributed by atoms with van der Waals surface area (Å²) >= 11 is 17.7. The molecule has 0 heterocycles. The number of carbonyl (C=O) groups is 1. The fraction of sp³-hybridized carbons (Fsp3) is 0.188. The van der Waals surface area contributed by atoms with Gasteiger partial charge in [-0.05, 0) is 49.7 Å². The normalized spacial score (nSPS) is 12.7. The standard InChI is InChI=1S/C16H15Cl3N2O3S/c1-9-12(18)4-3-5-14(9)20-16(22)10(2)21-25(23,24)15-8-11(17)6-7-13(15)19/h3-8,10,21H,1-2H3,(H,20,22)/t10-/m1/s1. The number of anilines is 1. The van der Waals surface area contributed by atoms with E-state index in [0.717, 1.165) is 0 Å². The van der Waals surface area contributed by atoms with Gasteiger partial charge in [-0.15, -0.1) is 0 Å². The van der Waals surface area contributed by atoms with Crippen LogP contribution in [0, 0.1) is 6.92 Å². The maximum absolute atomic E-state index is 12.4. The van der Waals surface area contributed by atoms with Gasteiger partial charge in [0.1, 0.15) is 4.90 Å². The molecule has 2 rings (SSSR count). The van der Waals surface area contributed by atoms with Crippen LogP contribution in [-0.4, -0.2) is 20.4 Å². The van der Waals surface area contributed by atoms with Crippen LogP contribution in [0.2, 0.25) is 15.1 Å². The minimum Gasteiger partial charge on any atom is -0.324 e. The SMILES string of the molecule is Cc1c(Cl)cccc1NC(=O)[C@@H](C)NS(=O)(=O)c1cc(Cl)ccc1Cl. The molecule has 0 saturated heterocycles. The smallest absolute Gasteiger partial charge is 0.242 e. The minimum atomic E-state index is -4.02. The van der Waals surface area contributed by atoms with Crippen LogP contribution in [0.25, 0.3) is 0 Å². The molecule has 0 fully saturated rings. The van der Waals surface area contributed by atoms with Gasteiger partial charge < -0.3 is 5.32 Å². The molecule has 0 bridgehead atoms. The summed E-state index contributed by atoms with van der Waals surface area (Å²) in [5.41, 5.74) is 1.19. The van der Waals surface area contributed by atoms with Gasteiger partial charge in [0.05, 0.1) is 11.1 Å². The van der Waals surface area contributed by atoms with Crippen LogP contribution < -0.4 is 10.0 Å². The van der Waals surface area contributed by atoms with E-state index in [1.165, 1.54) is 25.1 Å². The van der Waals surface area contributed by atoms with Gasteiger partial charge in [-0.25, -0.2) is 8.42 Å². The van der Waals surface area contributed by atoms with E-state index in [1.54, 1.807) is 25.1 Å². The first-order chi connectivity index (χ1) is 11.6. The second kappa shape index (κ2) is 7.93. The number of hydrogen-bond acceptors (Lipinski definition) is 3. The fourth-order valence-electron chi connectivity index (χ4n) is 2.02. The summed E-state index contributed by atoms with van der Waals surface area (Å²) in [6, 6.07) is 8.08.